The third kappa shape index (κ3) is 6.68. The maximum atomic E-state index is 12.6. The maximum absolute atomic E-state index is 12.6. The number of methoxy groups -OCH3 is 1. The Labute approximate surface area is 186 Å². The minimum absolute atomic E-state index is 0.0380. The zero-order valence-corrected chi connectivity index (χ0v) is 19.3. The first-order valence-electron chi connectivity index (χ1n) is 11.6. The van der Waals surface area contributed by atoms with Crippen molar-refractivity contribution in [1.82, 2.24) is 20.4 Å². The monoisotopic (exact) mass is 430 g/mol. The Kier molecular flexibility index (Phi) is 8.72. The number of ether oxygens (including phenoxy) is 1. The van der Waals surface area contributed by atoms with E-state index in [2.05, 4.69) is 33.4 Å². The van der Waals surface area contributed by atoms with Crippen molar-refractivity contribution in [3.63, 3.8) is 0 Å². The van der Waals surface area contributed by atoms with Crippen molar-refractivity contribution >= 4 is 11.8 Å². The summed E-state index contributed by atoms with van der Waals surface area (Å²) in [7, 11) is 1.67. The number of piperazine rings is 1. The predicted octanol–water partition coefficient (Wildman–Crippen LogP) is 1.93. The lowest BCUT2D eigenvalue weighted by molar-refractivity contribution is -0.134. The molecule has 3 rings (SSSR count). The molecule has 1 aromatic rings. The Hall–Kier alpha value is -2.12. The summed E-state index contributed by atoms with van der Waals surface area (Å²) in [6.45, 7) is 10.4. The van der Waals surface area contributed by atoms with Gasteiger partial charge in [0.25, 0.3) is 0 Å². The van der Waals surface area contributed by atoms with Crippen LogP contribution in [0.5, 0.6) is 5.75 Å². The van der Waals surface area contributed by atoms with Crippen LogP contribution in [0.2, 0.25) is 0 Å². The molecule has 1 aromatic carbocycles. The van der Waals surface area contributed by atoms with E-state index in [9.17, 15) is 9.59 Å². The van der Waals surface area contributed by atoms with Crippen LogP contribution in [-0.2, 0) is 16.1 Å². The summed E-state index contributed by atoms with van der Waals surface area (Å²) >= 11 is 0. The van der Waals surface area contributed by atoms with Crippen LogP contribution in [0.15, 0.2) is 18.2 Å². The molecule has 1 unspecified atom stereocenters. The van der Waals surface area contributed by atoms with Gasteiger partial charge in [0.1, 0.15) is 5.75 Å². The first-order valence-corrected chi connectivity index (χ1v) is 11.6. The van der Waals surface area contributed by atoms with Crippen molar-refractivity contribution in [2.75, 3.05) is 46.4 Å². The molecule has 2 fully saturated rings. The number of carbonyl (C=O) groups excluding carboxylic acids is 2. The van der Waals surface area contributed by atoms with E-state index in [1.54, 1.807) is 7.11 Å². The van der Waals surface area contributed by atoms with Gasteiger partial charge in [0, 0.05) is 26.2 Å². The van der Waals surface area contributed by atoms with E-state index in [4.69, 9.17) is 4.74 Å². The smallest absolute Gasteiger partial charge is 0.237 e. The molecule has 172 valence electrons. The fourth-order valence-electron chi connectivity index (χ4n) is 4.70. The molecule has 1 atom stereocenters. The van der Waals surface area contributed by atoms with Gasteiger partial charge in [0.05, 0.1) is 19.6 Å². The fraction of sp³-hybridized carbons (Fsp3) is 0.667. The van der Waals surface area contributed by atoms with Gasteiger partial charge in [-0.3, -0.25) is 14.5 Å². The van der Waals surface area contributed by atoms with E-state index in [-0.39, 0.29) is 18.2 Å². The highest BCUT2D eigenvalue weighted by molar-refractivity contribution is 5.88. The summed E-state index contributed by atoms with van der Waals surface area (Å²) in [5, 5.41) is 5.97. The molecule has 0 radical (unpaired) electrons. The van der Waals surface area contributed by atoms with Crippen LogP contribution >= 0.6 is 0 Å². The lowest BCUT2D eigenvalue weighted by atomic mass is 9.93. The van der Waals surface area contributed by atoms with Crippen LogP contribution in [0, 0.1) is 12.8 Å². The van der Waals surface area contributed by atoms with Crippen LogP contribution < -0.4 is 15.4 Å². The normalized spacial score (nSPS) is 21.0. The molecule has 0 spiro atoms. The zero-order valence-electron chi connectivity index (χ0n) is 19.3. The molecular weight excluding hydrogens is 392 g/mol. The second-order valence-electron chi connectivity index (χ2n) is 8.80. The second-order valence-corrected chi connectivity index (χ2v) is 8.80. The molecule has 2 amide bonds. The maximum Gasteiger partial charge on any atom is 0.237 e. The molecule has 7 nitrogen and oxygen atoms in total. The van der Waals surface area contributed by atoms with Crippen molar-refractivity contribution in [1.29, 1.82) is 0 Å². The van der Waals surface area contributed by atoms with E-state index < -0.39 is 6.04 Å². The Bertz CT molecular complexity index is 746. The van der Waals surface area contributed by atoms with Gasteiger partial charge in [-0.15, -0.1) is 0 Å². The van der Waals surface area contributed by atoms with E-state index in [1.165, 1.54) is 12.8 Å². The number of benzene rings is 1. The van der Waals surface area contributed by atoms with Crippen molar-refractivity contribution in [2.45, 2.75) is 52.1 Å². The summed E-state index contributed by atoms with van der Waals surface area (Å²) in [6.07, 6.45) is 3.65. The van der Waals surface area contributed by atoms with Crippen molar-refractivity contribution in [3.05, 3.63) is 29.3 Å². The standard InChI is InChI=1S/C24H38N4O3/c1-4-27-12-8-19(9-13-27)7-10-25-23(29)16-21-24(30)26-11-14-28(21)17-20-5-6-22(31-3)18(2)15-20/h5-6,15,19,21H,4,7-14,16-17H2,1-3H3,(H,25,29)(H,26,30). The molecular formula is C24H38N4O3. The van der Waals surface area contributed by atoms with Crippen LogP contribution in [0.1, 0.15) is 43.7 Å². The quantitative estimate of drug-likeness (QED) is 0.626. The molecule has 31 heavy (non-hydrogen) atoms. The average Bonchev–Trinajstić information content (AvgIpc) is 2.77. The van der Waals surface area contributed by atoms with Crippen molar-refractivity contribution in [3.8, 4) is 5.75 Å². The van der Waals surface area contributed by atoms with Crippen LogP contribution in [0.3, 0.4) is 0 Å². The molecule has 2 heterocycles. The second kappa shape index (κ2) is 11.5. The fourth-order valence-corrected chi connectivity index (χ4v) is 4.70. The van der Waals surface area contributed by atoms with Crippen molar-refractivity contribution in [2.24, 2.45) is 5.92 Å². The van der Waals surface area contributed by atoms with Crippen LogP contribution in [0.4, 0.5) is 0 Å². The number of aryl methyl sites for hydroxylation is 1. The lowest BCUT2D eigenvalue weighted by Crippen LogP contribution is -2.56. The van der Waals surface area contributed by atoms with Gasteiger partial charge in [-0.2, -0.15) is 0 Å². The van der Waals surface area contributed by atoms with E-state index in [0.29, 0.717) is 25.6 Å². The first kappa shape index (κ1) is 23.5. The van der Waals surface area contributed by atoms with Crippen LogP contribution in [0.25, 0.3) is 0 Å². The molecule has 2 N–H and O–H groups in total. The van der Waals surface area contributed by atoms with Gasteiger partial charge in [0.15, 0.2) is 0 Å². The first-order chi connectivity index (χ1) is 15.0. The van der Waals surface area contributed by atoms with Gasteiger partial charge in [-0.05, 0) is 68.9 Å². The third-order valence-electron chi connectivity index (χ3n) is 6.69. The zero-order chi connectivity index (χ0) is 22.2. The molecule has 0 aromatic heterocycles. The van der Waals surface area contributed by atoms with E-state index in [0.717, 1.165) is 49.5 Å². The van der Waals surface area contributed by atoms with Gasteiger partial charge >= 0.3 is 0 Å². The molecule has 0 aliphatic carbocycles. The highest BCUT2D eigenvalue weighted by Gasteiger charge is 2.31. The van der Waals surface area contributed by atoms with Crippen molar-refractivity contribution < 1.29 is 14.3 Å². The SMILES string of the molecule is CCN1CCC(CCNC(=O)CC2C(=O)NCCN2Cc2ccc(OC)c(C)c2)CC1. The lowest BCUT2D eigenvalue weighted by Gasteiger charge is -2.35. The van der Waals surface area contributed by atoms with Gasteiger partial charge in [0.2, 0.25) is 11.8 Å². The Morgan fingerprint density at radius 2 is 2.03 bits per heavy atom. The van der Waals surface area contributed by atoms with Gasteiger partial charge < -0.3 is 20.3 Å². The Morgan fingerprint density at radius 1 is 1.26 bits per heavy atom. The average molecular weight is 431 g/mol. The van der Waals surface area contributed by atoms with E-state index >= 15 is 0 Å². The number of hydrogen-bond acceptors (Lipinski definition) is 5. The highest BCUT2D eigenvalue weighted by atomic mass is 16.5. The van der Waals surface area contributed by atoms with E-state index in [1.807, 2.05) is 19.1 Å². The topological polar surface area (TPSA) is 73.9 Å². The molecule has 2 aliphatic rings. The summed E-state index contributed by atoms with van der Waals surface area (Å²) < 4.78 is 5.34. The number of likely N-dealkylation sites (tertiary alicyclic amines) is 1. The number of carbonyl (C=O) groups is 2. The molecule has 2 saturated heterocycles. The van der Waals surface area contributed by atoms with Gasteiger partial charge in [-0.25, -0.2) is 0 Å². The highest BCUT2D eigenvalue weighted by Crippen LogP contribution is 2.22. The molecule has 0 bridgehead atoms. The Morgan fingerprint density at radius 3 is 2.71 bits per heavy atom. The summed E-state index contributed by atoms with van der Waals surface area (Å²) in [4.78, 5) is 29.7. The number of amides is 2. The minimum atomic E-state index is -0.427. The summed E-state index contributed by atoms with van der Waals surface area (Å²) in [5.41, 5.74) is 2.19. The summed E-state index contributed by atoms with van der Waals surface area (Å²) in [6, 6.07) is 5.65. The Balaban J connectivity index is 1.48. The largest absolute Gasteiger partial charge is 0.496 e. The predicted molar refractivity (Wildman–Crippen MR) is 122 cm³/mol. The summed E-state index contributed by atoms with van der Waals surface area (Å²) in [5.74, 6) is 1.45. The molecule has 2 aliphatic heterocycles. The number of rotatable bonds is 9. The number of hydrogen-bond donors (Lipinski definition) is 2. The van der Waals surface area contributed by atoms with Crippen LogP contribution in [-0.4, -0.2) is 74.0 Å². The number of nitrogens with zero attached hydrogens (tertiary/aromatic N) is 2. The number of piperidine rings is 1. The molecule has 7 heteroatoms. The number of nitrogens with one attached hydrogen (secondary N) is 2. The van der Waals surface area contributed by atoms with Gasteiger partial charge in [-0.1, -0.05) is 19.1 Å². The molecule has 0 saturated carbocycles. The minimum Gasteiger partial charge on any atom is -0.496 e. The third-order valence-corrected chi connectivity index (χ3v) is 6.69.